The summed E-state index contributed by atoms with van der Waals surface area (Å²) in [5.41, 5.74) is 7.74. The van der Waals surface area contributed by atoms with Gasteiger partial charge in [0.2, 0.25) is 0 Å². The van der Waals surface area contributed by atoms with E-state index in [2.05, 4.69) is 9.98 Å². The Morgan fingerprint density at radius 1 is 1.33 bits per heavy atom. The molecule has 2 heterocycles. The van der Waals surface area contributed by atoms with Crippen molar-refractivity contribution in [3.05, 3.63) is 59.2 Å². The highest BCUT2D eigenvalue weighted by Crippen LogP contribution is 2.36. The number of pyridine rings is 1. The lowest BCUT2D eigenvalue weighted by Gasteiger charge is -2.30. The third-order valence-electron chi connectivity index (χ3n) is 4.23. The van der Waals surface area contributed by atoms with Gasteiger partial charge >= 0.3 is 0 Å². The van der Waals surface area contributed by atoms with Gasteiger partial charge in [0.25, 0.3) is 0 Å². The molecule has 0 unspecified atom stereocenters. The van der Waals surface area contributed by atoms with Crippen LogP contribution in [0.4, 0.5) is 4.39 Å². The molecule has 0 amide bonds. The molecule has 1 aliphatic rings. The van der Waals surface area contributed by atoms with Gasteiger partial charge in [0.1, 0.15) is 11.6 Å². The molecule has 0 radical (unpaired) electrons. The molecule has 2 aromatic rings. The molecule has 126 valence electrons. The number of methoxy groups -OCH3 is 1. The van der Waals surface area contributed by atoms with Gasteiger partial charge in [-0.25, -0.2) is 4.39 Å². The molecule has 1 atom stereocenters. The first kappa shape index (κ1) is 16.8. The van der Waals surface area contributed by atoms with Crippen LogP contribution >= 0.6 is 11.8 Å². The molecule has 0 spiro atoms. The van der Waals surface area contributed by atoms with Crippen LogP contribution in [0.25, 0.3) is 0 Å². The van der Waals surface area contributed by atoms with E-state index in [9.17, 15) is 4.39 Å². The minimum Gasteiger partial charge on any atom is -0.495 e. The van der Waals surface area contributed by atoms with Crippen molar-refractivity contribution in [2.75, 3.05) is 12.9 Å². The average Bonchev–Trinajstić information content (AvgIpc) is 2.57. The number of amidine groups is 1. The molecule has 1 aliphatic heterocycles. The van der Waals surface area contributed by atoms with Crippen molar-refractivity contribution in [3.63, 3.8) is 0 Å². The molecular weight excluding hydrogens is 325 g/mol. The number of halogens is 1. The summed E-state index contributed by atoms with van der Waals surface area (Å²) >= 11 is 1.51. The molecule has 6 heteroatoms. The van der Waals surface area contributed by atoms with E-state index in [4.69, 9.17) is 10.5 Å². The van der Waals surface area contributed by atoms with Crippen LogP contribution in [0.15, 0.2) is 41.5 Å². The summed E-state index contributed by atoms with van der Waals surface area (Å²) in [6.07, 6.45) is 3.07. The number of thioether (sulfide) groups is 1. The SMILES string of the molecule is COc1ccc(Cc2ccc(F)c([C@]3(C)CCSC(N)=N3)c2)nc1. The van der Waals surface area contributed by atoms with Gasteiger partial charge < -0.3 is 10.5 Å². The molecule has 4 nitrogen and oxygen atoms in total. The zero-order valence-electron chi connectivity index (χ0n) is 13.8. The summed E-state index contributed by atoms with van der Waals surface area (Å²) in [7, 11) is 1.61. The second-order valence-electron chi connectivity index (χ2n) is 6.00. The maximum absolute atomic E-state index is 14.4. The minimum atomic E-state index is -0.608. The molecule has 24 heavy (non-hydrogen) atoms. The fourth-order valence-corrected chi connectivity index (χ4v) is 3.80. The van der Waals surface area contributed by atoms with Gasteiger partial charge in [-0.1, -0.05) is 23.9 Å². The number of ether oxygens (including phenoxy) is 1. The zero-order valence-corrected chi connectivity index (χ0v) is 14.6. The molecule has 0 saturated carbocycles. The summed E-state index contributed by atoms with van der Waals surface area (Å²) in [5.74, 6) is 1.32. The van der Waals surface area contributed by atoms with Crippen molar-refractivity contribution in [3.8, 4) is 5.75 Å². The van der Waals surface area contributed by atoms with Crippen molar-refractivity contribution in [2.24, 2.45) is 10.7 Å². The number of benzene rings is 1. The van der Waals surface area contributed by atoms with Crippen LogP contribution in [0.1, 0.15) is 30.2 Å². The van der Waals surface area contributed by atoms with E-state index in [0.717, 1.165) is 29.2 Å². The van der Waals surface area contributed by atoms with Crippen LogP contribution in [-0.2, 0) is 12.0 Å². The van der Waals surface area contributed by atoms with Gasteiger partial charge in [0.05, 0.1) is 18.8 Å². The predicted molar refractivity (Wildman–Crippen MR) is 96.0 cm³/mol. The normalized spacial score (nSPS) is 20.5. The van der Waals surface area contributed by atoms with Crippen molar-refractivity contribution >= 4 is 16.9 Å². The Balaban J connectivity index is 1.89. The maximum atomic E-state index is 14.4. The van der Waals surface area contributed by atoms with E-state index >= 15 is 0 Å². The first-order valence-electron chi connectivity index (χ1n) is 7.76. The molecule has 2 N–H and O–H groups in total. The lowest BCUT2D eigenvalue weighted by Crippen LogP contribution is -2.29. The first-order chi connectivity index (χ1) is 11.5. The molecule has 1 aromatic heterocycles. The van der Waals surface area contributed by atoms with Gasteiger partial charge in [-0.3, -0.25) is 9.98 Å². The van der Waals surface area contributed by atoms with Crippen molar-refractivity contribution in [2.45, 2.75) is 25.3 Å². The number of hydrogen-bond acceptors (Lipinski definition) is 5. The second-order valence-corrected chi connectivity index (χ2v) is 7.12. The fraction of sp³-hybridized carbons (Fsp3) is 0.333. The van der Waals surface area contributed by atoms with Crippen LogP contribution < -0.4 is 10.5 Å². The first-order valence-corrected chi connectivity index (χ1v) is 8.75. The number of nitrogens with two attached hydrogens (primary N) is 1. The highest BCUT2D eigenvalue weighted by molar-refractivity contribution is 8.13. The Labute approximate surface area is 145 Å². The Hall–Kier alpha value is -2.08. The topological polar surface area (TPSA) is 60.5 Å². The Morgan fingerprint density at radius 2 is 2.17 bits per heavy atom. The standard InChI is InChI=1S/C18H20FN3OS/c1-18(7-8-24-17(20)22-18)15-10-12(3-6-16(15)19)9-13-4-5-14(23-2)11-21-13/h3-6,10-11H,7-9H2,1-2H3,(H2,20,22)/t18-/m0/s1. The number of rotatable bonds is 4. The largest absolute Gasteiger partial charge is 0.495 e. The highest BCUT2D eigenvalue weighted by Gasteiger charge is 2.32. The summed E-state index contributed by atoms with van der Waals surface area (Å²) in [4.78, 5) is 8.87. The van der Waals surface area contributed by atoms with Crippen LogP contribution in [0.3, 0.4) is 0 Å². The molecule has 0 bridgehead atoms. The number of nitrogens with zero attached hydrogens (tertiary/aromatic N) is 2. The Kier molecular flexibility index (Phi) is 4.76. The maximum Gasteiger partial charge on any atom is 0.154 e. The molecule has 0 fully saturated rings. The van der Waals surface area contributed by atoms with Gasteiger partial charge in [-0.05, 0) is 37.1 Å². The fourth-order valence-electron chi connectivity index (χ4n) is 2.82. The summed E-state index contributed by atoms with van der Waals surface area (Å²) < 4.78 is 19.5. The van der Waals surface area contributed by atoms with Gasteiger partial charge in [0, 0.05) is 23.4 Å². The minimum absolute atomic E-state index is 0.243. The van der Waals surface area contributed by atoms with Crippen molar-refractivity contribution in [1.82, 2.24) is 4.98 Å². The predicted octanol–water partition coefficient (Wildman–Crippen LogP) is 3.49. The van der Waals surface area contributed by atoms with Gasteiger partial charge in [-0.2, -0.15) is 0 Å². The third kappa shape index (κ3) is 3.53. The Morgan fingerprint density at radius 3 is 2.83 bits per heavy atom. The smallest absolute Gasteiger partial charge is 0.154 e. The van der Waals surface area contributed by atoms with Crippen LogP contribution in [0, 0.1) is 5.82 Å². The molecule has 1 aromatic carbocycles. The van der Waals surface area contributed by atoms with E-state index in [1.54, 1.807) is 19.4 Å². The molecular formula is C18H20FN3OS. The van der Waals surface area contributed by atoms with Crippen LogP contribution in [-0.4, -0.2) is 23.0 Å². The quantitative estimate of drug-likeness (QED) is 0.921. The van der Waals surface area contributed by atoms with Gasteiger partial charge in [-0.15, -0.1) is 0 Å². The number of hydrogen-bond donors (Lipinski definition) is 1. The summed E-state index contributed by atoms with van der Waals surface area (Å²) in [5, 5.41) is 0.519. The van der Waals surface area contributed by atoms with E-state index < -0.39 is 5.54 Å². The summed E-state index contributed by atoms with van der Waals surface area (Å²) in [6.45, 7) is 1.94. The second kappa shape index (κ2) is 6.81. The molecule has 0 saturated heterocycles. The van der Waals surface area contributed by atoms with E-state index in [1.807, 2.05) is 25.1 Å². The average molecular weight is 345 g/mol. The van der Waals surface area contributed by atoms with Crippen molar-refractivity contribution in [1.29, 1.82) is 0 Å². The lowest BCUT2D eigenvalue weighted by atomic mass is 9.87. The highest BCUT2D eigenvalue weighted by atomic mass is 32.2. The number of aliphatic imine (C=N–C) groups is 1. The lowest BCUT2D eigenvalue weighted by molar-refractivity contribution is 0.412. The molecule has 0 aliphatic carbocycles. The molecule has 3 rings (SSSR count). The third-order valence-corrected chi connectivity index (χ3v) is 5.02. The van der Waals surface area contributed by atoms with Crippen LogP contribution in [0.5, 0.6) is 5.75 Å². The number of aromatic nitrogens is 1. The van der Waals surface area contributed by atoms with Gasteiger partial charge in [0.15, 0.2) is 5.17 Å². The zero-order chi connectivity index (χ0) is 17.2. The van der Waals surface area contributed by atoms with E-state index in [0.29, 0.717) is 17.2 Å². The summed E-state index contributed by atoms with van der Waals surface area (Å²) in [6, 6.07) is 8.97. The monoisotopic (exact) mass is 345 g/mol. The van der Waals surface area contributed by atoms with E-state index in [1.165, 1.54) is 17.8 Å². The van der Waals surface area contributed by atoms with Crippen molar-refractivity contribution < 1.29 is 9.13 Å². The van der Waals surface area contributed by atoms with Crippen LogP contribution in [0.2, 0.25) is 0 Å². The Bertz CT molecular complexity index is 763. The van der Waals surface area contributed by atoms with E-state index in [-0.39, 0.29) is 5.82 Å².